The van der Waals surface area contributed by atoms with Gasteiger partial charge >= 0.3 is 0 Å². The fourth-order valence-electron chi connectivity index (χ4n) is 3.42. The first-order valence-electron chi connectivity index (χ1n) is 6.55. The second-order valence-corrected chi connectivity index (χ2v) is 5.65. The van der Waals surface area contributed by atoms with E-state index in [0.29, 0.717) is 11.8 Å². The van der Waals surface area contributed by atoms with Crippen molar-refractivity contribution in [2.24, 2.45) is 11.8 Å². The van der Waals surface area contributed by atoms with Gasteiger partial charge in [-0.25, -0.2) is 0 Å². The van der Waals surface area contributed by atoms with E-state index in [2.05, 4.69) is 20.5 Å². The summed E-state index contributed by atoms with van der Waals surface area (Å²) in [4.78, 5) is 3.48. The average molecular weight is 218 g/mol. The second-order valence-electron chi connectivity index (χ2n) is 5.65. The van der Waals surface area contributed by atoms with Crippen LogP contribution in [0.2, 0.25) is 0 Å². The van der Waals surface area contributed by atoms with Crippen molar-refractivity contribution >= 4 is 0 Å². The van der Waals surface area contributed by atoms with E-state index in [1.807, 2.05) is 0 Å². The molecular formula is C12H18N4. The van der Waals surface area contributed by atoms with E-state index >= 15 is 0 Å². The molecule has 2 heterocycles. The molecule has 0 spiro atoms. The van der Waals surface area contributed by atoms with Gasteiger partial charge in [0.2, 0.25) is 0 Å². The average Bonchev–Trinajstić information content (AvgIpc) is 2.73. The number of aromatic nitrogens is 3. The summed E-state index contributed by atoms with van der Waals surface area (Å²) in [5.41, 5.74) is 0. The van der Waals surface area contributed by atoms with Gasteiger partial charge in [-0.2, -0.15) is 0 Å². The van der Waals surface area contributed by atoms with Crippen LogP contribution in [0.3, 0.4) is 0 Å². The predicted molar refractivity (Wildman–Crippen MR) is 60.2 cm³/mol. The fourth-order valence-corrected chi connectivity index (χ4v) is 3.42. The first-order valence-corrected chi connectivity index (χ1v) is 6.55. The number of aromatic amines is 1. The predicted octanol–water partition coefficient (Wildman–Crippen LogP) is 1.40. The van der Waals surface area contributed by atoms with Gasteiger partial charge in [-0.1, -0.05) is 6.42 Å². The van der Waals surface area contributed by atoms with Crippen molar-refractivity contribution in [3.63, 3.8) is 0 Å². The lowest BCUT2D eigenvalue weighted by Crippen LogP contribution is -2.34. The highest BCUT2D eigenvalue weighted by atomic mass is 15.2. The SMILES string of the molecule is C1CC(c2nnc(C3CC4CNCC43)[nH]2)C1. The maximum atomic E-state index is 4.37. The Morgan fingerprint density at radius 2 is 1.94 bits per heavy atom. The molecule has 0 bridgehead atoms. The smallest absolute Gasteiger partial charge is 0.133 e. The van der Waals surface area contributed by atoms with E-state index in [-0.39, 0.29) is 0 Å². The molecule has 3 fully saturated rings. The molecule has 3 atom stereocenters. The highest BCUT2D eigenvalue weighted by molar-refractivity contribution is 5.13. The lowest BCUT2D eigenvalue weighted by atomic mass is 9.66. The summed E-state index contributed by atoms with van der Waals surface area (Å²) in [6.45, 7) is 2.39. The highest BCUT2D eigenvalue weighted by Gasteiger charge is 2.46. The highest BCUT2D eigenvalue weighted by Crippen LogP contribution is 2.48. The lowest BCUT2D eigenvalue weighted by molar-refractivity contribution is 0.183. The summed E-state index contributed by atoms with van der Waals surface area (Å²) < 4.78 is 0. The maximum absolute atomic E-state index is 4.37. The third-order valence-electron chi connectivity index (χ3n) is 4.83. The quantitative estimate of drug-likeness (QED) is 0.789. The van der Waals surface area contributed by atoms with Gasteiger partial charge in [0, 0.05) is 11.8 Å². The molecule has 3 unspecified atom stereocenters. The van der Waals surface area contributed by atoms with E-state index in [4.69, 9.17) is 0 Å². The van der Waals surface area contributed by atoms with Gasteiger partial charge in [0.25, 0.3) is 0 Å². The third-order valence-corrected chi connectivity index (χ3v) is 4.83. The van der Waals surface area contributed by atoms with Crippen LogP contribution in [-0.4, -0.2) is 28.3 Å². The molecule has 0 aromatic carbocycles. The number of hydrogen-bond acceptors (Lipinski definition) is 3. The first kappa shape index (κ1) is 9.16. The molecule has 4 nitrogen and oxygen atoms in total. The summed E-state index contributed by atoms with van der Waals surface area (Å²) in [5.74, 6) is 5.37. The molecule has 3 aliphatic rings. The number of nitrogens with zero attached hydrogens (tertiary/aromatic N) is 2. The van der Waals surface area contributed by atoms with Gasteiger partial charge < -0.3 is 10.3 Å². The molecule has 1 saturated heterocycles. The maximum Gasteiger partial charge on any atom is 0.133 e. The molecule has 1 aromatic heterocycles. The van der Waals surface area contributed by atoms with Gasteiger partial charge in [-0.05, 0) is 44.2 Å². The molecule has 1 aromatic rings. The van der Waals surface area contributed by atoms with E-state index in [0.717, 1.165) is 23.5 Å². The molecule has 1 aliphatic heterocycles. The summed E-state index contributed by atoms with van der Waals surface area (Å²) in [6.07, 6.45) is 5.26. The summed E-state index contributed by atoms with van der Waals surface area (Å²) in [7, 11) is 0. The van der Waals surface area contributed by atoms with Crippen LogP contribution in [-0.2, 0) is 0 Å². The van der Waals surface area contributed by atoms with Crippen LogP contribution < -0.4 is 5.32 Å². The van der Waals surface area contributed by atoms with Crippen LogP contribution in [0, 0.1) is 11.8 Å². The van der Waals surface area contributed by atoms with Crippen LogP contribution >= 0.6 is 0 Å². The van der Waals surface area contributed by atoms with Gasteiger partial charge in [-0.15, -0.1) is 10.2 Å². The van der Waals surface area contributed by atoms with E-state index in [1.165, 1.54) is 38.8 Å². The van der Waals surface area contributed by atoms with E-state index < -0.39 is 0 Å². The Hall–Kier alpha value is -0.900. The number of nitrogens with one attached hydrogen (secondary N) is 2. The van der Waals surface area contributed by atoms with E-state index in [1.54, 1.807) is 0 Å². The number of fused-ring (bicyclic) bond motifs is 1. The Morgan fingerprint density at radius 1 is 1.06 bits per heavy atom. The van der Waals surface area contributed by atoms with Gasteiger partial charge in [0.1, 0.15) is 11.6 Å². The molecule has 4 rings (SSSR count). The second kappa shape index (κ2) is 3.29. The number of rotatable bonds is 2. The molecule has 16 heavy (non-hydrogen) atoms. The lowest BCUT2D eigenvalue weighted by Gasteiger charge is -2.37. The van der Waals surface area contributed by atoms with Crippen molar-refractivity contribution in [3.8, 4) is 0 Å². The van der Waals surface area contributed by atoms with Crippen molar-refractivity contribution in [2.75, 3.05) is 13.1 Å². The Kier molecular flexibility index (Phi) is 1.89. The van der Waals surface area contributed by atoms with Gasteiger partial charge in [0.05, 0.1) is 0 Å². The molecule has 4 heteroatoms. The molecule has 2 saturated carbocycles. The minimum Gasteiger partial charge on any atom is -0.328 e. The molecule has 2 aliphatic carbocycles. The molecule has 0 amide bonds. The largest absolute Gasteiger partial charge is 0.328 e. The normalized spacial score (nSPS) is 37.9. The van der Waals surface area contributed by atoms with Crippen molar-refractivity contribution in [1.29, 1.82) is 0 Å². The third kappa shape index (κ3) is 1.19. The van der Waals surface area contributed by atoms with Crippen molar-refractivity contribution < 1.29 is 0 Å². The molecule has 2 N–H and O–H groups in total. The zero-order chi connectivity index (χ0) is 10.5. The van der Waals surface area contributed by atoms with Crippen LogP contribution in [0.1, 0.15) is 49.2 Å². The minimum absolute atomic E-state index is 0.654. The van der Waals surface area contributed by atoms with Crippen LogP contribution in [0.25, 0.3) is 0 Å². The zero-order valence-corrected chi connectivity index (χ0v) is 9.45. The monoisotopic (exact) mass is 218 g/mol. The van der Waals surface area contributed by atoms with Gasteiger partial charge in [0.15, 0.2) is 0 Å². The van der Waals surface area contributed by atoms with Crippen molar-refractivity contribution in [3.05, 3.63) is 11.6 Å². The summed E-state index contributed by atoms with van der Waals surface area (Å²) in [5, 5.41) is 12.2. The first-order chi connectivity index (χ1) is 7.92. The van der Waals surface area contributed by atoms with Gasteiger partial charge in [-0.3, -0.25) is 0 Å². The standard InChI is InChI=1S/C12H18N4/c1-2-7(3-1)11-14-12(16-15-11)9-4-8-5-13-6-10(8)9/h7-10,13H,1-6H2,(H,14,15,16). The van der Waals surface area contributed by atoms with Crippen LogP contribution in [0.4, 0.5) is 0 Å². The minimum atomic E-state index is 0.654. The summed E-state index contributed by atoms with van der Waals surface area (Å²) in [6, 6.07) is 0. The van der Waals surface area contributed by atoms with E-state index in [9.17, 15) is 0 Å². The Bertz CT molecular complexity index is 395. The summed E-state index contributed by atoms with van der Waals surface area (Å²) >= 11 is 0. The Labute approximate surface area is 95.2 Å². The number of H-pyrrole nitrogens is 1. The zero-order valence-electron chi connectivity index (χ0n) is 9.45. The Morgan fingerprint density at radius 3 is 2.69 bits per heavy atom. The van der Waals surface area contributed by atoms with Crippen molar-refractivity contribution in [1.82, 2.24) is 20.5 Å². The topological polar surface area (TPSA) is 53.6 Å². The van der Waals surface area contributed by atoms with Crippen LogP contribution in [0.15, 0.2) is 0 Å². The van der Waals surface area contributed by atoms with Crippen LogP contribution in [0.5, 0.6) is 0 Å². The Balaban J connectivity index is 1.52. The molecule has 86 valence electrons. The molecular weight excluding hydrogens is 200 g/mol. The fraction of sp³-hybridized carbons (Fsp3) is 0.833. The number of hydrogen-bond donors (Lipinski definition) is 2. The molecule has 0 radical (unpaired) electrons. The van der Waals surface area contributed by atoms with Crippen molar-refractivity contribution in [2.45, 2.75) is 37.5 Å².